The lowest BCUT2D eigenvalue weighted by atomic mass is 10.1. The second-order valence-corrected chi connectivity index (χ2v) is 6.31. The molecule has 0 heterocycles. The number of rotatable bonds is 6. The van der Waals surface area contributed by atoms with Crippen LogP contribution in [0, 0.1) is 5.82 Å². The van der Waals surface area contributed by atoms with Gasteiger partial charge in [0, 0.05) is 0 Å². The van der Waals surface area contributed by atoms with E-state index in [4.69, 9.17) is 4.74 Å². The third kappa shape index (κ3) is 4.20. The summed E-state index contributed by atoms with van der Waals surface area (Å²) in [4.78, 5) is 12.6. The molecule has 0 unspecified atom stereocenters. The predicted octanol–water partition coefficient (Wildman–Crippen LogP) is 5.01. The lowest BCUT2D eigenvalue weighted by Gasteiger charge is -2.21. The van der Waals surface area contributed by atoms with Crippen molar-refractivity contribution in [3.05, 3.63) is 78.1 Å². The summed E-state index contributed by atoms with van der Waals surface area (Å²) < 4.78 is 19.0. The standard InChI is InChI=1S/C22H22FNO2/c1-3-21(22(25)24-15(2)16-8-11-19(23)12-9-16)26-20-13-10-17-6-4-5-7-18(17)14-20/h4-15,21H,3H2,1-2H3,(H,24,25)/t15-,21-/m1/s1. The molecule has 0 radical (unpaired) electrons. The van der Waals surface area contributed by atoms with Crippen LogP contribution in [0.25, 0.3) is 10.8 Å². The first-order valence-electron chi connectivity index (χ1n) is 8.78. The third-order valence-corrected chi connectivity index (χ3v) is 4.39. The topological polar surface area (TPSA) is 38.3 Å². The minimum Gasteiger partial charge on any atom is -0.481 e. The fourth-order valence-electron chi connectivity index (χ4n) is 2.87. The number of nitrogens with one attached hydrogen (secondary N) is 1. The SMILES string of the molecule is CC[C@@H](Oc1ccc2ccccc2c1)C(=O)N[C@H](C)c1ccc(F)cc1. The van der Waals surface area contributed by atoms with Crippen LogP contribution in [0.4, 0.5) is 4.39 Å². The summed E-state index contributed by atoms with van der Waals surface area (Å²) in [6.45, 7) is 3.78. The van der Waals surface area contributed by atoms with Gasteiger partial charge < -0.3 is 10.1 Å². The van der Waals surface area contributed by atoms with Gasteiger partial charge in [0.05, 0.1) is 6.04 Å². The van der Waals surface area contributed by atoms with Crippen LogP contribution in [-0.4, -0.2) is 12.0 Å². The number of hydrogen-bond donors (Lipinski definition) is 1. The molecule has 1 N–H and O–H groups in total. The summed E-state index contributed by atoms with van der Waals surface area (Å²) in [5.74, 6) is 0.191. The van der Waals surface area contributed by atoms with Crippen molar-refractivity contribution in [2.75, 3.05) is 0 Å². The summed E-state index contributed by atoms with van der Waals surface area (Å²) in [5.41, 5.74) is 0.848. The van der Waals surface area contributed by atoms with Crippen LogP contribution in [0.1, 0.15) is 31.9 Å². The lowest BCUT2D eigenvalue weighted by Crippen LogP contribution is -2.39. The Balaban J connectivity index is 1.68. The van der Waals surface area contributed by atoms with Crippen LogP contribution in [0.3, 0.4) is 0 Å². The molecule has 3 rings (SSSR count). The first-order valence-corrected chi connectivity index (χ1v) is 8.78. The highest BCUT2D eigenvalue weighted by atomic mass is 19.1. The Hall–Kier alpha value is -2.88. The highest BCUT2D eigenvalue weighted by Gasteiger charge is 2.20. The summed E-state index contributed by atoms with van der Waals surface area (Å²) in [7, 11) is 0. The van der Waals surface area contributed by atoms with E-state index in [-0.39, 0.29) is 17.8 Å². The number of halogens is 1. The Morgan fingerprint density at radius 1 is 1.04 bits per heavy atom. The molecule has 1 amide bonds. The number of hydrogen-bond acceptors (Lipinski definition) is 2. The molecule has 0 bridgehead atoms. The zero-order chi connectivity index (χ0) is 18.5. The van der Waals surface area contributed by atoms with Crippen molar-refractivity contribution in [3.8, 4) is 5.75 Å². The molecule has 3 nitrogen and oxygen atoms in total. The second-order valence-electron chi connectivity index (χ2n) is 6.31. The molecule has 4 heteroatoms. The largest absolute Gasteiger partial charge is 0.481 e. The minimum absolute atomic E-state index is 0.183. The van der Waals surface area contributed by atoms with Crippen molar-refractivity contribution in [1.29, 1.82) is 0 Å². The van der Waals surface area contributed by atoms with E-state index in [9.17, 15) is 9.18 Å². The van der Waals surface area contributed by atoms with Crippen LogP contribution >= 0.6 is 0 Å². The molecule has 134 valence electrons. The first-order chi connectivity index (χ1) is 12.6. The molecule has 0 spiro atoms. The quantitative estimate of drug-likeness (QED) is 0.678. The molecule has 26 heavy (non-hydrogen) atoms. The van der Waals surface area contributed by atoms with Crippen LogP contribution in [0.5, 0.6) is 5.75 Å². The number of benzene rings is 3. The van der Waals surface area contributed by atoms with Gasteiger partial charge in [0.1, 0.15) is 11.6 Å². The van der Waals surface area contributed by atoms with Crippen molar-refractivity contribution in [2.45, 2.75) is 32.4 Å². The Bertz CT molecular complexity index is 892. The average molecular weight is 351 g/mol. The highest BCUT2D eigenvalue weighted by Crippen LogP contribution is 2.22. The van der Waals surface area contributed by atoms with Gasteiger partial charge in [-0.3, -0.25) is 4.79 Å². The Morgan fingerprint density at radius 2 is 1.73 bits per heavy atom. The van der Waals surface area contributed by atoms with E-state index in [1.807, 2.05) is 56.3 Å². The number of fused-ring (bicyclic) bond motifs is 1. The first kappa shape index (κ1) is 17.9. The molecule has 0 fully saturated rings. The van der Waals surface area contributed by atoms with E-state index < -0.39 is 6.10 Å². The minimum atomic E-state index is -0.584. The summed E-state index contributed by atoms with van der Waals surface area (Å²) in [5, 5.41) is 5.13. The maximum absolute atomic E-state index is 13.0. The third-order valence-electron chi connectivity index (χ3n) is 4.39. The molecular formula is C22H22FNO2. The van der Waals surface area contributed by atoms with Gasteiger partial charge >= 0.3 is 0 Å². The van der Waals surface area contributed by atoms with Gasteiger partial charge in [-0.05, 0) is 53.9 Å². The average Bonchev–Trinajstić information content (AvgIpc) is 2.66. The molecular weight excluding hydrogens is 329 g/mol. The smallest absolute Gasteiger partial charge is 0.261 e. The van der Waals surface area contributed by atoms with Crippen LogP contribution in [0.15, 0.2) is 66.7 Å². The van der Waals surface area contributed by atoms with Crippen molar-refractivity contribution in [1.82, 2.24) is 5.32 Å². The second kappa shape index (κ2) is 8.00. The molecule has 0 aliphatic heterocycles. The van der Waals surface area contributed by atoms with Crippen molar-refractivity contribution >= 4 is 16.7 Å². The van der Waals surface area contributed by atoms with Gasteiger partial charge in [0.25, 0.3) is 5.91 Å². The molecule has 3 aromatic carbocycles. The fourth-order valence-corrected chi connectivity index (χ4v) is 2.87. The Labute approximate surface area is 152 Å². The van der Waals surface area contributed by atoms with E-state index in [1.54, 1.807) is 12.1 Å². The normalized spacial score (nSPS) is 13.2. The maximum Gasteiger partial charge on any atom is 0.261 e. The predicted molar refractivity (Wildman–Crippen MR) is 102 cm³/mol. The zero-order valence-electron chi connectivity index (χ0n) is 14.9. The number of carbonyl (C=O) groups excluding carboxylic acids is 1. The van der Waals surface area contributed by atoms with E-state index in [0.29, 0.717) is 12.2 Å². The number of carbonyl (C=O) groups is 1. The molecule has 2 atom stereocenters. The summed E-state index contributed by atoms with van der Waals surface area (Å²) in [6.07, 6.45) is -0.0338. The summed E-state index contributed by atoms with van der Waals surface area (Å²) in [6, 6.07) is 19.7. The van der Waals surface area contributed by atoms with Crippen LogP contribution < -0.4 is 10.1 Å². The van der Waals surface area contributed by atoms with Gasteiger partial charge in [-0.25, -0.2) is 4.39 Å². The molecule has 3 aromatic rings. The van der Waals surface area contributed by atoms with Crippen LogP contribution in [0.2, 0.25) is 0 Å². The molecule has 0 saturated heterocycles. The van der Waals surface area contributed by atoms with Gasteiger partial charge in [0.2, 0.25) is 0 Å². The van der Waals surface area contributed by atoms with Gasteiger partial charge in [0.15, 0.2) is 6.10 Å². The molecule has 0 aliphatic rings. The van der Waals surface area contributed by atoms with E-state index in [0.717, 1.165) is 16.3 Å². The van der Waals surface area contributed by atoms with Crippen molar-refractivity contribution < 1.29 is 13.9 Å². The Kier molecular flexibility index (Phi) is 5.52. The van der Waals surface area contributed by atoms with Crippen molar-refractivity contribution in [2.24, 2.45) is 0 Å². The zero-order valence-corrected chi connectivity index (χ0v) is 14.9. The molecule has 0 saturated carbocycles. The monoisotopic (exact) mass is 351 g/mol. The van der Waals surface area contributed by atoms with E-state index in [2.05, 4.69) is 5.32 Å². The summed E-state index contributed by atoms with van der Waals surface area (Å²) >= 11 is 0. The number of amides is 1. The van der Waals surface area contributed by atoms with Gasteiger partial charge in [-0.15, -0.1) is 0 Å². The fraction of sp³-hybridized carbons (Fsp3) is 0.227. The molecule has 0 aromatic heterocycles. The highest BCUT2D eigenvalue weighted by molar-refractivity contribution is 5.84. The molecule has 0 aliphatic carbocycles. The van der Waals surface area contributed by atoms with Crippen LogP contribution in [-0.2, 0) is 4.79 Å². The Morgan fingerprint density at radius 3 is 2.42 bits per heavy atom. The number of ether oxygens (including phenoxy) is 1. The van der Waals surface area contributed by atoms with Gasteiger partial charge in [-0.1, -0.05) is 49.4 Å². The van der Waals surface area contributed by atoms with Gasteiger partial charge in [-0.2, -0.15) is 0 Å². The lowest BCUT2D eigenvalue weighted by molar-refractivity contribution is -0.128. The van der Waals surface area contributed by atoms with E-state index >= 15 is 0 Å². The van der Waals surface area contributed by atoms with Crippen molar-refractivity contribution in [3.63, 3.8) is 0 Å². The maximum atomic E-state index is 13.0. The van der Waals surface area contributed by atoms with E-state index in [1.165, 1.54) is 12.1 Å².